The van der Waals surface area contributed by atoms with Crippen molar-refractivity contribution in [3.05, 3.63) is 23.8 Å². The smallest absolute Gasteiger partial charge is 0.240 e. The fourth-order valence-corrected chi connectivity index (χ4v) is 2.75. The van der Waals surface area contributed by atoms with E-state index in [4.69, 9.17) is 5.73 Å². The summed E-state index contributed by atoms with van der Waals surface area (Å²) in [7, 11) is -3.47. The van der Waals surface area contributed by atoms with Crippen LogP contribution in [-0.4, -0.2) is 15.0 Å². The molecule has 0 aliphatic carbocycles. The van der Waals surface area contributed by atoms with E-state index in [1.807, 2.05) is 27.7 Å². The minimum absolute atomic E-state index is 0.0948. The van der Waals surface area contributed by atoms with Gasteiger partial charge in [-0.15, -0.1) is 0 Å². The van der Waals surface area contributed by atoms with Crippen LogP contribution < -0.4 is 10.5 Å². The highest BCUT2D eigenvalue weighted by atomic mass is 32.2. The third kappa shape index (κ3) is 4.36. The number of sulfonamides is 1. The van der Waals surface area contributed by atoms with E-state index in [9.17, 15) is 8.42 Å². The lowest BCUT2D eigenvalue weighted by Crippen LogP contribution is -2.32. The van der Waals surface area contributed by atoms with Crippen LogP contribution in [0.2, 0.25) is 0 Å². The Morgan fingerprint density at radius 1 is 1.24 bits per heavy atom. The van der Waals surface area contributed by atoms with Crippen LogP contribution in [0.1, 0.15) is 26.3 Å². The Morgan fingerprint density at radius 3 is 2.29 bits per heavy atom. The van der Waals surface area contributed by atoms with Crippen LogP contribution in [0.4, 0.5) is 5.69 Å². The van der Waals surface area contributed by atoms with Gasteiger partial charge >= 0.3 is 0 Å². The molecule has 0 heterocycles. The number of benzene rings is 1. The van der Waals surface area contributed by atoms with Gasteiger partial charge in [-0.2, -0.15) is 0 Å². The molecule has 0 bridgehead atoms. The molecule has 0 aliphatic rings. The first-order valence-electron chi connectivity index (χ1n) is 5.47. The summed E-state index contributed by atoms with van der Waals surface area (Å²) in [5.41, 5.74) is 6.84. The standard InChI is InChI=1S/C12H20N2O2S/c1-9-5-10(13)7-11(6-9)17(15,16)14-8-12(2,3)4/h5-7,14H,8,13H2,1-4H3. The van der Waals surface area contributed by atoms with Gasteiger partial charge in [0.1, 0.15) is 0 Å². The zero-order valence-corrected chi connectivity index (χ0v) is 11.6. The topological polar surface area (TPSA) is 72.2 Å². The van der Waals surface area contributed by atoms with Crippen LogP contribution >= 0.6 is 0 Å². The largest absolute Gasteiger partial charge is 0.399 e. The van der Waals surface area contributed by atoms with Gasteiger partial charge in [0.15, 0.2) is 0 Å². The lowest BCUT2D eigenvalue weighted by Gasteiger charge is -2.19. The van der Waals surface area contributed by atoms with Crippen molar-refractivity contribution in [1.82, 2.24) is 4.72 Å². The van der Waals surface area contributed by atoms with Crippen molar-refractivity contribution in [3.8, 4) is 0 Å². The van der Waals surface area contributed by atoms with Crippen molar-refractivity contribution in [1.29, 1.82) is 0 Å². The predicted molar refractivity (Wildman–Crippen MR) is 70.2 cm³/mol. The van der Waals surface area contributed by atoms with Gasteiger partial charge in [-0.25, -0.2) is 13.1 Å². The third-order valence-electron chi connectivity index (χ3n) is 2.18. The van der Waals surface area contributed by atoms with E-state index in [0.29, 0.717) is 12.2 Å². The SMILES string of the molecule is Cc1cc(N)cc(S(=O)(=O)NCC(C)(C)C)c1. The van der Waals surface area contributed by atoms with Gasteiger partial charge in [0.25, 0.3) is 0 Å². The summed E-state index contributed by atoms with van der Waals surface area (Å²) >= 11 is 0. The van der Waals surface area contributed by atoms with Crippen LogP contribution in [0.15, 0.2) is 23.1 Å². The Bertz CT molecular complexity index is 481. The quantitative estimate of drug-likeness (QED) is 0.811. The molecule has 0 aromatic heterocycles. The maximum Gasteiger partial charge on any atom is 0.240 e. The normalized spacial score (nSPS) is 12.7. The summed E-state index contributed by atoms with van der Waals surface area (Å²) < 4.78 is 26.6. The van der Waals surface area contributed by atoms with E-state index in [2.05, 4.69) is 4.72 Å². The maximum absolute atomic E-state index is 12.0. The minimum Gasteiger partial charge on any atom is -0.399 e. The van der Waals surface area contributed by atoms with Crippen molar-refractivity contribution in [2.24, 2.45) is 5.41 Å². The molecule has 3 N–H and O–H groups in total. The van der Waals surface area contributed by atoms with E-state index in [0.717, 1.165) is 5.56 Å². The number of anilines is 1. The Kier molecular flexibility index (Phi) is 3.84. The zero-order chi connectivity index (χ0) is 13.3. The molecule has 1 aromatic carbocycles. The number of hydrogen-bond donors (Lipinski definition) is 2. The Balaban J connectivity index is 2.98. The Labute approximate surface area is 103 Å². The van der Waals surface area contributed by atoms with E-state index in [1.54, 1.807) is 12.1 Å². The van der Waals surface area contributed by atoms with Crippen LogP contribution in [0.5, 0.6) is 0 Å². The second kappa shape index (κ2) is 4.66. The number of nitrogen functional groups attached to an aromatic ring is 1. The molecule has 0 amide bonds. The zero-order valence-electron chi connectivity index (χ0n) is 10.7. The van der Waals surface area contributed by atoms with Crippen molar-refractivity contribution in [2.45, 2.75) is 32.6 Å². The average molecular weight is 256 g/mol. The molecular weight excluding hydrogens is 236 g/mol. The lowest BCUT2D eigenvalue weighted by molar-refractivity contribution is 0.407. The van der Waals surface area contributed by atoms with E-state index >= 15 is 0 Å². The van der Waals surface area contributed by atoms with Crippen LogP contribution in [-0.2, 0) is 10.0 Å². The molecule has 0 unspecified atom stereocenters. The first-order valence-corrected chi connectivity index (χ1v) is 6.95. The monoisotopic (exact) mass is 256 g/mol. The average Bonchev–Trinajstić information content (AvgIpc) is 2.12. The van der Waals surface area contributed by atoms with Crippen molar-refractivity contribution in [2.75, 3.05) is 12.3 Å². The summed E-state index contributed by atoms with van der Waals surface area (Å²) in [6.07, 6.45) is 0. The second-order valence-electron chi connectivity index (χ2n) is 5.46. The molecule has 0 aliphatic heterocycles. The lowest BCUT2D eigenvalue weighted by atomic mass is 9.98. The fourth-order valence-electron chi connectivity index (χ4n) is 1.33. The van der Waals surface area contributed by atoms with E-state index < -0.39 is 10.0 Å². The highest BCUT2D eigenvalue weighted by Crippen LogP contribution is 2.18. The van der Waals surface area contributed by atoms with Crippen molar-refractivity contribution >= 4 is 15.7 Å². The highest BCUT2D eigenvalue weighted by molar-refractivity contribution is 7.89. The molecule has 5 heteroatoms. The highest BCUT2D eigenvalue weighted by Gasteiger charge is 2.18. The number of hydrogen-bond acceptors (Lipinski definition) is 3. The molecule has 0 atom stereocenters. The van der Waals surface area contributed by atoms with Crippen LogP contribution in [0.25, 0.3) is 0 Å². The summed E-state index contributed by atoms with van der Waals surface area (Å²) in [5, 5.41) is 0. The Hall–Kier alpha value is -1.07. The molecule has 0 saturated carbocycles. The van der Waals surface area contributed by atoms with Gasteiger partial charge in [0.05, 0.1) is 4.90 Å². The molecule has 1 aromatic rings. The number of aryl methyl sites for hydroxylation is 1. The minimum atomic E-state index is -3.47. The molecule has 4 nitrogen and oxygen atoms in total. The van der Waals surface area contributed by atoms with E-state index in [-0.39, 0.29) is 10.3 Å². The summed E-state index contributed by atoms with van der Waals surface area (Å²) in [6.45, 7) is 8.13. The van der Waals surface area contributed by atoms with Crippen molar-refractivity contribution < 1.29 is 8.42 Å². The van der Waals surface area contributed by atoms with Gasteiger partial charge in [0, 0.05) is 12.2 Å². The molecule has 0 saturated heterocycles. The van der Waals surface area contributed by atoms with Crippen LogP contribution in [0, 0.1) is 12.3 Å². The molecule has 0 radical (unpaired) electrons. The fraction of sp³-hybridized carbons (Fsp3) is 0.500. The molecule has 17 heavy (non-hydrogen) atoms. The molecule has 0 fully saturated rings. The molecule has 1 rings (SSSR count). The molecule has 0 spiro atoms. The molecular formula is C12H20N2O2S. The number of nitrogens with two attached hydrogens (primary N) is 1. The third-order valence-corrected chi connectivity index (χ3v) is 3.56. The summed E-state index contributed by atoms with van der Waals surface area (Å²) in [4.78, 5) is 0.222. The summed E-state index contributed by atoms with van der Waals surface area (Å²) in [6, 6.07) is 4.82. The van der Waals surface area contributed by atoms with Gasteiger partial charge in [-0.05, 0) is 36.1 Å². The van der Waals surface area contributed by atoms with Gasteiger partial charge in [-0.1, -0.05) is 20.8 Å². The van der Waals surface area contributed by atoms with Crippen LogP contribution in [0.3, 0.4) is 0 Å². The van der Waals surface area contributed by atoms with Gasteiger partial charge in [0.2, 0.25) is 10.0 Å². The first-order chi connectivity index (χ1) is 7.60. The second-order valence-corrected chi connectivity index (χ2v) is 7.23. The first kappa shape index (κ1) is 14.0. The number of nitrogens with one attached hydrogen (secondary N) is 1. The van der Waals surface area contributed by atoms with Gasteiger partial charge < -0.3 is 5.73 Å². The Morgan fingerprint density at radius 2 is 1.82 bits per heavy atom. The van der Waals surface area contributed by atoms with E-state index in [1.165, 1.54) is 6.07 Å². The molecule has 96 valence electrons. The number of rotatable bonds is 3. The maximum atomic E-state index is 12.0. The predicted octanol–water partition coefficient (Wildman–Crippen LogP) is 1.90. The van der Waals surface area contributed by atoms with Gasteiger partial charge in [-0.3, -0.25) is 0 Å². The summed E-state index contributed by atoms with van der Waals surface area (Å²) in [5.74, 6) is 0. The van der Waals surface area contributed by atoms with Crippen molar-refractivity contribution in [3.63, 3.8) is 0 Å².